The number of rotatable bonds is 3. The molecule has 6 heteroatoms. The number of fused-ring (bicyclic) bond motifs is 10. The summed E-state index contributed by atoms with van der Waals surface area (Å²) in [5.41, 5.74) is 10.8. The van der Waals surface area contributed by atoms with Crippen molar-refractivity contribution in [1.29, 1.82) is 0 Å². The SMILES string of the molecule is O=c1c2ccccc2sc2nc3cc4c(cc3n12)c1ccccc1n4-c1ccc(-c2cccc3c2c2ccccc2n3-c2ccccc2)cc1. The Hall–Kier alpha value is -6.50. The molecule has 50 heavy (non-hydrogen) atoms. The van der Waals surface area contributed by atoms with Crippen molar-refractivity contribution in [3.8, 4) is 22.5 Å². The molecule has 11 rings (SSSR count). The lowest BCUT2D eigenvalue weighted by molar-refractivity contribution is 1.18. The van der Waals surface area contributed by atoms with E-state index in [9.17, 15) is 4.79 Å². The van der Waals surface area contributed by atoms with Crippen LogP contribution >= 0.6 is 11.3 Å². The maximum absolute atomic E-state index is 13.7. The largest absolute Gasteiger partial charge is 0.309 e. The molecule has 234 valence electrons. The maximum Gasteiger partial charge on any atom is 0.266 e. The van der Waals surface area contributed by atoms with Gasteiger partial charge in [0.2, 0.25) is 0 Å². The minimum atomic E-state index is -0.0302. The van der Waals surface area contributed by atoms with Crippen molar-refractivity contribution in [1.82, 2.24) is 18.5 Å². The van der Waals surface area contributed by atoms with Crippen LogP contribution in [-0.2, 0) is 0 Å². The quantitative estimate of drug-likeness (QED) is 0.190. The Kier molecular flexibility index (Phi) is 5.63. The Labute approximate surface area is 289 Å². The molecule has 0 amide bonds. The molecule has 4 heterocycles. The summed E-state index contributed by atoms with van der Waals surface area (Å²) in [7, 11) is 0. The first-order chi connectivity index (χ1) is 24.7. The molecule has 7 aromatic carbocycles. The molecule has 0 unspecified atom stereocenters. The van der Waals surface area contributed by atoms with Gasteiger partial charge < -0.3 is 9.13 Å². The average Bonchev–Trinajstić information content (AvgIpc) is 3.81. The number of nitrogens with zero attached hydrogens (tertiary/aromatic N) is 4. The van der Waals surface area contributed by atoms with E-state index in [2.05, 4.69) is 143 Å². The Morgan fingerprint density at radius 2 is 1.12 bits per heavy atom. The van der Waals surface area contributed by atoms with E-state index >= 15 is 0 Å². The van der Waals surface area contributed by atoms with Gasteiger partial charge in [0.15, 0.2) is 4.96 Å². The van der Waals surface area contributed by atoms with Crippen LogP contribution < -0.4 is 5.56 Å². The van der Waals surface area contributed by atoms with Gasteiger partial charge >= 0.3 is 0 Å². The molecule has 0 spiro atoms. The van der Waals surface area contributed by atoms with Gasteiger partial charge in [-0.3, -0.25) is 4.79 Å². The van der Waals surface area contributed by atoms with E-state index in [-0.39, 0.29) is 5.56 Å². The first kappa shape index (κ1) is 27.5. The maximum atomic E-state index is 13.7. The Balaban J connectivity index is 1.12. The van der Waals surface area contributed by atoms with E-state index in [1.165, 1.54) is 27.4 Å². The fraction of sp³-hybridized carbons (Fsp3) is 0. The molecule has 0 atom stereocenters. The summed E-state index contributed by atoms with van der Waals surface area (Å²) in [5.74, 6) is 0. The minimum Gasteiger partial charge on any atom is -0.309 e. The van der Waals surface area contributed by atoms with E-state index < -0.39 is 0 Å². The first-order valence-electron chi connectivity index (χ1n) is 16.7. The molecule has 0 aliphatic heterocycles. The number of imidazole rings is 1. The Bertz CT molecular complexity index is 3220. The average molecular weight is 659 g/mol. The Morgan fingerprint density at radius 3 is 1.94 bits per heavy atom. The van der Waals surface area contributed by atoms with Crippen molar-refractivity contribution in [2.45, 2.75) is 0 Å². The van der Waals surface area contributed by atoms with Crippen molar-refractivity contribution >= 4 is 81.0 Å². The third kappa shape index (κ3) is 3.76. The van der Waals surface area contributed by atoms with E-state index in [4.69, 9.17) is 4.98 Å². The highest BCUT2D eigenvalue weighted by molar-refractivity contribution is 7.23. The predicted octanol–water partition coefficient (Wildman–Crippen LogP) is 10.9. The molecule has 0 N–H and O–H groups in total. The smallest absolute Gasteiger partial charge is 0.266 e. The zero-order chi connectivity index (χ0) is 32.9. The Morgan fingerprint density at radius 1 is 0.480 bits per heavy atom. The molecule has 4 aromatic heterocycles. The molecule has 0 saturated heterocycles. The van der Waals surface area contributed by atoms with Gasteiger partial charge in [0.25, 0.3) is 5.56 Å². The van der Waals surface area contributed by atoms with Crippen LogP contribution in [0.4, 0.5) is 0 Å². The summed E-state index contributed by atoms with van der Waals surface area (Å²) in [6.07, 6.45) is 0. The van der Waals surface area contributed by atoms with Crippen molar-refractivity contribution in [2.75, 3.05) is 0 Å². The summed E-state index contributed by atoms with van der Waals surface area (Å²) in [6, 6.07) is 55.3. The fourth-order valence-corrected chi connectivity index (χ4v) is 8.94. The van der Waals surface area contributed by atoms with Gasteiger partial charge in [-0.25, -0.2) is 9.38 Å². The zero-order valence-corrected chi connectivity index (χ0v) is 27.4. The van der Waals surface area contributed by atoms with E-state index in [0.29, 0.717) is 10.3 Å². The van der Waals surface area contributed by atoms with Crippen LogP contribution in [0.15, 0.2) is 163 Å². The number of hydrogen-bond donors (Lipinski definition) is 0. The second-order valence-electron chi connectivity index (χ2n) is 12.8. The highest BCUT2D eigenvalue weighted by atomic mass is 32.1. The van der Waals surface area contributed by atoms with E-state index in [1.807, 2.05) is 24.3 Å². The number of para-hydroxylation sites is 3. The molecule has 0 bridgehead atoms. The third-order valence-electron chi connectivity index (χ3n) is 10.1. The molecule has 0 saturated carbocycles. The molecule has 0 aliphatic carbocycles. The van der Waals surface area contributed by atoms with Gasteiger partial charge in [0.05, 0.1) is 38.5 Å². The third-order valence-corrected chi connectivity index (χ3v) is 11.1. The second-order valence-corrected chi connectivity index (χ2v) is 13.8. The monoisotopic (exact) mass is 658 g/mol. The highest BCUT2D eigenvalue weighted by Crippen LogP contribution is 2.40. The topological polar surface area (TPSA) is 44.2 Å². The number of benzene rings is 7. The zero-order valence-electron chi connectivity index (χ0n) is 26.6. The molecule has 0 fully saturated rings. The normalized spacial score (nSPS) is 12.1. The first-order valence-corrected chi connectivity index (χ1v) is 17.5. The summed E-state index contributed by atoms with van der Waals surface area (Å²) in [4.78, 5) is 19.4. The number of hydrogen-bond acceptors (Lipinski definition) is 3. The predicted molar refractivity (Wildman–Crippen MR) is 208 cm³/mol. The van der Waals surface area contributed by atoms with Crippen LogP contribution in [0, 0.1) is 0 Å². The van der Waals surface area contributed by atoms with Crippen molar-refractivity contribution in [3.05, 3.63) is 168 Å². The van der Waals surface area contributed by atoms with E-state index in [0.717, 1.165) is 54.5 Å². The van der Waals surface area contributed by atoms with Crippen LogP contribution in [0.1, 0.15) is 0 Å². The molecule has 11 aromatic rings. The van der Waals surface area contributed by atoms with Crippen LogP contribution in [-0.4, -0.2) is 18.5 Å². The lowest BCUT2D eigenvalue weighted by Gasteiger charge is -2.11. The summed E-state index contributed by atoms with van der Waals surface area (Å²) >= 11 is 1.55. The van der Waals surface area contributed by atoms with Crippen LogP contribution in [0.5, 0.6) is 0 Å². The van der Waals surface area contributed by atoms with Crippen LogP contribution in [0.3, 0.4) is 0 Å². The summed E-state index contributed by atoms with van der Waals surface area (Å²) in [5, 5.41) is 5.43. The van der Waals surface area contributed by atoms with Gasteiger partial charge in [0, 0.05) is 37.6 Å². The van der Waals surface area contributed by atoms with Crippen molar-refractivity contribution in [3.63, 3.8) is 0 Å². The number of aromatic nitrogens is 4. The molecular weight excluding hydrogens is 633 g/mol. The van der Waals surface area contributed by atoms with Gasteiger partial charge in [-0.05, 0) is 77.9 Å². The molecule has 0 radical (unpaired) electrons. The van der Waals surface area contributed by atoms with Gasteiger partial charge in [0.1, 0.15) is 0 Å². The van der Waals surface area contributed by atoms with Gasteiger partial charge in [-0.15, -0.1) is 0 Å². The lowest BCUT2D eigenvalue weighted by Crippen LogP contribution is -2.11. The molecular formula is C44H26N4OS. The standard InChI is InChI=1S/C44H26N4OS/c49-43-33-15-6-9-20-41(33)50-44-45-35-26-39-34(25-40(35)48(43)44)31-13-4-7-17-36(31)47(39)29-23-21-27(22-24-29)30-16-10-19-38-42(30)32-14-5-8-18-37(32)46(38)28-11-2-1-3-12-28/h1-26H. The van der Waals surface area contributed by atoms with E-state index in [1.54, 1.807) is 15.7 Å². The fourth-order valence-electron chi connectivity index (χ4n) is 7.92. The van der Waals surface area contributed by atoms with Gasteiger partial charge in [-0.1, -0.05) is 102 Å². The summed E-state index contributed by atoms with van der Waals surface area (Å²) < 4.78 is 7.40. The van der Waals surface area contributed by atoms with Crippen LogP contribution in [0.25, 0.3) is 92.2 Å². The lowest BCUT2D eigenvalue weighted by atomic mass is 9.99. The molecule has 5 nitrogen and oxygen atoms in total. The summed E-state index contributed by atoms with van der Waals surface area (Å²) in [6.45, 7) is 0. The van der Waals surface area contributed by atoms with Gasteiger partial charge in [-0.2, -0.15) is 0 Å². The highest BCUT2D eigenvalue weighted by Gasteiger charge is 2.19. The van der Waals surface area contributed by atoms with Crippen LogP contribution in [0.2, 0.25) is 0 Å². The molecule has 0 aliphatic rings. The minimum absolute atomic E-state index is 0.0302. The second kappa shape index (κ2) is 10.3. The van der Waals surface area contributed by atoms with Crippen molar-refractivity contribution in [2.24, 2.45) is 0 Å². The van der Waals surface area contributed by atoms with Crippen molar-refractivity contribution < 1.29 is 0 Å².